The van der Waals surface area contributed by atoms with Gasteiger partial charge < -0.3 is 19.4 Å². The molecule has 1 aromatic heterocycles. The average Bonchev–Trinajstić information content (AvgIpc) is 3.12. The topological polar surface area (TPSA) is 71.6 Å². The average molecular weight is 392 g/mol. The zero-order chi connectivity index (χ0) is 20.1. The fourth-order valence-electron chi connectivity index (χ4n) is 7.29. The molecule has 6 rings (SSSR count). The van der Waals surface area contributed by atoms with Crippen LogP contribution in [0, 0.1) is 5.92 Å². The predicted octanol–water partition coefficient (Wildman–Crippen LogP) is 1.79. The van der Waals surface area contributed by atoms with Crippen LogP contribution in [0.5, 0.6) is 5.75 Å². The van der Waals surface area contributed by atoms with Crippen LogP contribution in [0.15, 0.2) is 29.1 Å². The monoisotopic (exact) mass is 392 g/mol. The Balaban J connectivity index is 1.54. The van der Waals surface area contributed by atoms with Gasteiger partial charge in [-0.2, -0.15) is 0 Å². The van der Waals surface area contributed by atoms with Crippen molar-refractivity contribution in [3.63, 3.8) is 0 Å². The third-order valence-electron chi connectivity index (χ3n) is 8.15. The number of nitrogens with zero attached hydrogens (tertiary/aromatic N) is 1. The van der Waals surface area contributed by atoms with Crippen LogP contribution < -0.4 is 10.3 Å². The number of likely N-dealkylation sites (tertiary alicyclic amines) is 1. The van der Waals surface area contributed by atoms with E-state index in [1.807, 2.05) is 0 Å². The summed E-state index contributed by atoms with van der Waals surface area (Å²) >= 11 is 0. The van der Waals surface area contributed by atoms with Crippen LogP contribution in [0.2, 0.25) is 0 Å². The molecule has 2 spiro atoms. The third-order valence-corrected chi connectivity index (χ3v) is 8.15. The van der Waals surface area contributed by atoms with Gasteiger partial charge in [0.25, 0.3) is 5.56 Å². The second kappa shape index (κ2) is 5.30. The van der Waals surface area contributed by atoms with Crippen molar-refractivity contribution < 1.29 is 14.3 Å². The largest absolute Gasteiger partial charge is 0.497 e. The molecule has 1 saturated carbocycles. The van der Waals surface area contributed by atoms with Crippen molar-refractivity contribution in [2.45, 2.75) is 36.1 Å². The van der Waals surface area contributed by atoms with E-state index in [2.05, 4.69) is 35.1 Å². The number of nitrogens with one attached hydrogen (secondary N) is 1. The van der Waals surface area contributed by atoms with Gasteiger partial charge in [-0.15, -0.1) is 0 Å². The number of esters is 1. The Morgan fingerprint density at radius 3 is 2.76 bits per heavy atom. The number of rotatable bonds is 2. The predicted molar refractivity (Wildman–Crippen MR) is 107 cm³/mol. The number of carbonyl (C=O) groups is 1. The summed E-state index contributed by atoms with van der Waals surface area (Å²) in [6, 6.07) is 8.83. The fourth-order valence-corrected chi connectivity index (χ4v) is 7.29. The molecule has 1 unspecified atom stereocenters. The lowest BCUT2D eigenvalue weighted by atomic mass is 9.58. The summed E-state index contributed by atoms with van der Waals surface area (Å²) in [4.78, 5) is 30.1. The Morgan fingerprint density at radius 2 is 2.03 bits per heavy atom. The highest BCUT2D eigenvalue weighted by Gasteiger charge is 2.74. The van der Waals surface area contributed by atoms with Crippen LogP contribution in [0.25, 0.3) is 0 Å². The zero-order valence-corrected chi connectivity index (χ0v) is 16.9. The first kappa shape index (κ1) is 17.3. The SMILES string of the molecule is COC(=O)c1cc2c([nH]c1=O)C[C@@]13CC4(CN(C)[C@H]4[C@@H]1C2)c1ccc(OC)cc13. The molecule has 1 saturated heterocycles. The molecule has 1 aromatic carbocycles. The van der Waals surface area contributed by atoms with Gasteiger partial charge in [0.2, 0.25) is 0 Å². The zero-order valence-electron chi connectivity index (χ0n) is 16.9. The molecule has 4 atom stereocenters. The molecule has 1 aliphatic heterocycles. The van der Waals surface area contributed by atoms with E-state index < -0.39 is 5.97 Å². The Hall–Kier alpha value is -2.60. The highest BCUT2D eigenvalue weighted by Crippen LogP contribution is 2.71. The molecule has 6 heteroatoms. The first-order chi connectivity index (χ1) is 13.9. The lowest BCUT2D eigenvalue weighted by Crippen LogP contribution is -2.66. The van der Waals surface area contributed by atoms with E-state index in [1.54, 1.807) is 13.2 Å². The smallest absolute Gasteiger partial charge is 0.343 e. The van der Waals surface area contributed by atoms with Crippen molar-refractivity contribution in [3.05, 3.63) is 62.6 Å². The number of fused-ring (bicyclic) bond motifs is 3. The molecule has 1 N–H and O–H groups in total. The molecule has 0 radical (unpaired) electrons. The lowest BCUT2D eigenvalue weighted by Gasteiger charge is -2.58. The molecule has 6 nitrogen and oxygen atoms in total. The Morgan fingerprint density at radius 1 is 1.21 bits per heavy atom. The van der Waals surface area contributed by atoms with E-state index >= 15 is 0 Å². The number of hydrogen-bond acceptors (Lipinski definition) is 5. The normalized spacial score (nSPS) is 33.2. The number of hydrogen-bond donors (Lipinski definition) is 1. The van der Waals surface area contributed by atoms with Crippen molar-refractivity contribution in [2.24, 2.45) is 5.92 Å². The van der Waals surface area contributed by atoms with Crippen molar-refractivity contribution in [1.29, 1.82) is 0 Å². The molecular weight excluding hydrogens is 368 g/mol. The second-order valence-electron chi connectivity index (χ2n) is 9.26. The standard InChI is InChI=1S/C23H24N2O4/c1-25-11-23-10-22(16-8-13(28-2)4-5-15(16)23)9-18-12(7-17(22)19(23)25)6-14(20(26)24-18)21(27)29-3/h4-6,8,17,19H,7,9-11H2,1-3H3,(H,24,26)/t17-,19-,22-,23?/m0/s1. The van der Waals surface area contributed by atoms with E-state index in [9.17, 15) is 9.59 Å². The summed E-state index contributed by atoms with van der Waals surface area (Å²) in [7, 11) is 5.24. The number of likely N-dealkylation sites (N-methyl/N-ethyl adjacent to an activating group) is 1. The van der Waals surface area contributed by atoms with E-state index in [1.165, 1.54) is 18.2 Å². The highest BCUT2D eigenvalue weighted by molar-refractivity contribution is 5.89. The quantitative estimate of drug-likeness (QED) is 0.789. The van der Waals surface area contributed by atoms with E-state index in [0.717, 1.165) is 42.8 Å². The van der Waals surface area contributed by atoms with Crippen molar-refractivity contribution in [3.8, 4) is 5.75 Å². The van der Waals surface area contributed by atoms with Gasteiger partial charge in [-0.3, -0.25) is 4.79 Å². The number of benzene rings is 1. The second-order valence-corrected chi connectivity index (χ2v) is 9.26. The van der Waals surface area contributed by atoms with Crippen LogP contribution in [-0.2, 0) is 28.4 Å². The minimum Gasteiger partial charge on any atom is -0.497 e. The molecule has 2 aromatic rings. The molecular formula is C23H24N2O4. The van der Waals surface area contributed by atoms with E-state index in [0.29, 0.717) is 12.0 Å². The van der Waals surface area contributed by atoms with Gasteiger partial charge in [0, 0.05) is 29.1 Å². The molecule has 2 fully saturated rings. The van der Waals surface area contributed by atoms with Gasteiger partial charge in [-0.05, 0) is 67.1 Å². The van der Waals surface area contributed by atoms with Crippen LogP contribution in [0.1, 0.15) is 39.2 Å². The first-order valence-corrected chi connectivity index (χ1v) is 10.2. The maximum absolute atomic E-state index is 12.5. The summed E-state index contributed by atoms with van der Waals surface area (Å²) in [6.07, 6.45) is 2.79. The van der Waals surface area contributed by atoms with Crippen molar-refractivity contribution >= 4 is 5.97 Å². The molecule has 2 bridgehead atoms. The van der Waals surface area contributed by atoms with Crippen molar-refractivity contribution in [2.75, 3.05) is 27.8 Å². The first-order valence-electron chi connectivity index (χ1n) is 10.2. The van der Waals surface area contributed by atoms with E-state index in [-0.39, 0.29) is 22.0 Å². The fraction of sp³-hybridized carbons (Fsp3) is 0.478. The number of pyridine rings is 1. The van der Waals surface area contributed by atoms with Gasteiger partial charge in [-0.1, -0.05) is 6.07 Å². The van der Waals surface area contributed by atoms with Crippen LogP contribution in [0.4, 0.5) is 0 Å². The summed E-state index contributed by atoms with van der Waals surface area (Å²) in [6.45, 7) is 1.08. The Bertz CT molecular complexity index is 1140. The Labute approximate surface area is 168 Å². The number of methoxy groups -OCH3 is 2. The number of H-pyrrole nitrogens is 1. The molecule has 4 aliphatic rings. The third kappa shape index (κ3) is 1.86. The van der Waals surface area contributed by atoms with Crippen LogP contribution in [0.3, 0.4) is 0 Å². The summed E-state index contributed by atoms with van der Waals surface area (Å²) in [5.74, 6) is 0.782. The van der Waals surface area contributed by atoms with Gasteiger partial charge in [0.15, 0.2) is 0 Å². The maximum Gasteiger partial charge on any atom is 0.343 e. The molecule has 2 heterocycles. The highest BCUT2D eigenvalue weighted by atomic mass is 16.5. The number of aromatic amines is 1. The van der Waals surface area contributed by atoms with Gasteiger partial charge in [0.1, 0.15) is 11.3 Å². The summed E-state index contributed by atoms with van der Waals surface area (Å²) in [5.41, 5.74) is 4.87. The van der Waals surface area contributed by atoms with E-state index in [4.69, 9.17) is 9.47 Å². The minimum atomic E-state index is -0.574. The number of ether oxygens (including phenoxy) is 2. The maximum atomic E-state index is 12.5. The molecule has 3 aliphatic carbocycles. The van der Waals surface area contributed by atoms with Crippen LogP contribution in [-0.4, -0.2) is 49.7 Å². The van der Waals surface area contributed by atoms with Crippen molar-refractivity contribution in [1.82, 2.24) is 9.88 Å². The van der Waals surface area contributed by atoms with Crippen LogP contribution >= 0.6 is 0 Å². The summed E-state index contributed by atoms with van der Waals surface area (Å²) < 4.78 is 10.3. The number of aromatic nitrogens is 1. The minimum absolute atomic E-state index is 0.0159. The van der Waals surface area contributed by atoms with Gasteiger partial charge in [-0.25, -0.2) is 4.79 Å². The molecule has 150 valence electrons. The molecule has 0 amide bonds. The Kier molecular flexibility index (Phi) is 3.16. The molecule has 29 heavy (non-hydrogen) atoms. The lowest BCUT2D eigenvalue weighted by molar-refractivity contribution is -0.00145. The summed E-state index contributed by atoms with van der Waals surface area (Å²) in [5, 5.41) is 0. The van der Waals surface area contributed by atoms with Gasteiger partial charge >= 0.3 is 5.97 Å². The van der Waals surface area contributed by atoms with Gasteiger partial charge in [0.05, 0.1) is 14.2 Å². The number of carbonyl (C=O) groups excluding carboxylic acids is 1.